The van der Waals surface area contributed by atoms with E-state index >= 15 is 0 Å². The van der Waals surface area contributed by atoms with E-state index in [0.717, 1.165) is 56.7 Å². The molecule has 1 aliphatic rings. The van der Waals surface area contributed by atoms with Crippen LogP contribution >= 0.6 is 24.0 Å². The standard InChI is InChI=1S/C23H32N4O3.HI/c1-3-24-23(25-16-18-4-8-20(28)9-5-18)26-17-22(27-12-14-30-15-13-27)19-6-10-21(29-2)11-7-19;/h4-11,22,28H,3,12-17H2,1-2H3,(H2,24,25,26);1H. The lowest BCUT2D eigenvalue weighted by atomic mass is 10.0. The van der Waals surface area contributed by atoms with Gasteiger partial charge >= 0.3 is 0 Å². The highest BCUT2D eigenvalue weighted by atomic mass is 127. The van der Waals surface area contributed by atoms with Gasteiger partial charge in [0, 0.05) is 26.2 Å². The number of ether oxygens (including phenoxy) is 2. The maximum atomic E-state index is 9.45. The van der Waals surface area contributed by atoms with E-state index in [1.54, 1.807) is 19.2 Å². The largest absolute Gasteiger partial charge is 0.508 e. The highest BCUT2D eigenvalue weighted by Gasteiger charge is 2.23. The molecule has 2 aromatic carbocycles. The first-order valence-electron chi connectivity index (χ1n) is 10.5. The summed E-state index contributed by atoms with van der Waals surface area (Å²) in [6.45, 7) is 7.42. The third-order valence-corrected chi connectivity index (χ3v) is 5.15. The Hall–Kier alpha value is -2.04. The van der Waals surface area contributed by atoms with Gasteiger partial charge in [0.1, 0.15) is 11.5 Å². The van der Waals surface area contributed by atoms with Gasteiger partial charge in [-0.2, -0.15) is 0 Å². The molecular weight excluding hydrogens is 507 g/mol. The Morgan fingerprint density at radius 1 is 1.10 bits per heavy atom. The summed E-state index contributed by atoms with van der Waals surface area (Å²) in [5.74, 6) is 1.90. The molecule has 0 aromatic heterocycles. The highest BCUT2D eigenvalue weighted by Crippen LogP contribution is 2.23. The van der Waals surface area contributed by atoms with E-state index in [2.05, 4.69) is 34.6 Å². The summed E-state index contributed by atoms with van der Waals surface area (Å²) in [4.78, 5) is 7.15. The molecule has 0 saturated carbocycles. The zero-order valence-electron chi connectivity index (χ0n) is 18.2. The summed E-state index contributed by atoms with van der Waals surface area (Å²) >= 11 is 0. The Morgan fingerprint density at radius 3 is 2.39 bits per heavy atom. The Kier molecular flexibility index (Phi) is 10.9. The van der Waals surface area contributed by atoms with Crippen LogP contribution in [0.15, 0.2) is 53.5 Å². The smallest absolute Gasteiger partial charge is 0.191 e. The number of rotatable bonds is 8. The maximum absolute atomic E-state index is 9.45. The maximum Gasteiger partial charge on any atom is 0.191 e. The van der Waals surface area contributed by atoms with Crippen molar-refractivity contribution in [3.8, 4) is 11.5 Å². The third kappa shape index (κ3) is 7.86. The molecule has 0 spiro atoms. The number of benzene rings is 2. The molecule has 0 bridgehead atoms. The lowest BCUT2D eigenvalue weighted by molar-refractivity contribution is 0.0170. The van der Waals surface area contributed by atoms with E-state index in [1.807, 2.05) is 24.3 Å². The Bertz CT molecular complexity index is 793. The molecule has 1 atom stereocenters. The first-order valence-corrected chi connectivity index (χ1v) is 10.5. The van der Waals surface area contributed by atoms with Crippen LogP contribution in [0.5, 0.6) is 11.5 Å². The normalized spacial score (nSPS) is 15.6. The van der Waals surface area contributed by atoms with Gasteiger partial charge in [-0.25, -0.2) is 4.99 Å². The number of hydrogen-bond acceptors (Lipinski definition) is 5. The topological polar surface area (TPSA) is 78.4 Å². The molecule has 1 aliphatic heterocycles. The summed E-state index contributed by atoms with van der Waals surface area (Å²) in [5.41, 5.74) is 2.28. The van der Waals surface area contributed by atoms with Crippen molar-refractivity contribution in [3.63, 3.8) is 0 Å². The quantitative estimate of drug-likeness (QED) is 0.272. The SMILES string of the molecule is CCNC(=NCc1ccc(O)cc1)NCC(c1ccc(OC)cc1)N1CCOCC1.I. The molecule has 1 saturated heterocycles. The summed E-state index contributed by atoms with van der Waals surface area (Å²) in [6.07, 6.45) is 0. The molecule has 170 valence electrons. The van der Waals surface area contributed by atoms with Gasteiger partial charge in [-0.05, 0) is 42.3 Å². The van der Waals surface area contributed by atoms with Gasteiger partial charge in [0.2, 0.25) is 0 Å². The third-order valence-electron chi connectivity index (χ3n) is 5.15. The number of aliphatic imine (C=N–C) groups is 1. The zero-order chi connectivity index (χ0) is 21.2. The van der Waals surface area contributed by atoms with E-state index in [-0.39, 0.29) is 35.8 Å². The van der Waals surface area contributed by atoms with E-state index < -0.39 is 0 Å². The van der Waals surface area contributed by atoms with E-state index in [4.69, 9.17) is 14.5 Å². The number of phenolic OH excluding ortho intramolecular Hbond substituents is 1. The molecule has 1 unspecified atom stereocenters. The average molecular weight is 540 g/mol. The highest BCUT2D eigenvalue weighted by molar-refractivity contribution is 14.0. The van der Waals surface area contributed by atoms with E-state index in [9.17, 15) is 5.11 Å². The van der Waals surface area contributed by atoms with Crippen LogP contribution in [-0.2, 0) is 11.3 Å². The van der Waals surface area contributed by atoms with Crippen LogP contribution in [0.2, 0.25) is 0 Å². The zero-order valence-corrected chi connectivity index (χ0v) is 20.5. The lowest BCUT2D eigenvalue weighted by Crippen LogP contribution is -2.46. The van der Waals surface area contributed by atoms with Gasteiger partial charge < -0.3 is 25.2 Å². The fourth-order valence-corrected chi connectivity index (χ4v) is 3.48. The number of morpholine rings is 1. The predicted octanol–water partition coefficient (Wildman–Crippen LogP) is 3.15. The molecule has 3 rings (SSSR count). The Balaban J connectivity index is 0.00000341. The Morgan fingerprint density at radius 2 is 1.77 bits per heavy atom. The summed E-state index contributed by atoms with van der Waals surface area (Å²) in [7, 11) is 1.68. The molecular formula is C23H33IN4O3. The van der Waals surface area contributed by atoms with Crippen molar-refractivity contribution < 1.29 is 14.6 Å². The predicted molar refractivity (Wildman–Crippen MR) is 134 cm³/mol. The van der Waals surface area contributed by atoms with Crippen molar-refractivity contribution in [3.05, 3.63) is 59.7 Å². The van der Waals surface area contributed by atoms with Gasteiger partial charge in [-0.3, -0.25) is 4.90 Å². The summed E-state index contributed by atoms with van der Waals surface area (Å²) in [5, 5.41) is 16.3. The number of halogens is 1. The lowest BCUT2D eigenvalue weighted by Gasteiger charge is -2.35. The number of methoxy groups -OCH3 is 1. The van der Waals surface area contributed by atoms with Crippen molar-refractivity contribution in [2.75, 3.05) is 46.5 Å². The molecule has 8 heteroatoms. The van der Waals surface area contributed by atoms with Crippen molar-refractivity contribution in [1.29, 1.82) is 0 Å². The van der Waals surface area contributed by atoms with Crippen LogP contribution in [-0.4, -0.2) is 62.5 Å². The second-order valence-corrected chi connectivity index (χ2v) is 7.18. The van der Waals surface area contributed by atoms with Gasteiger partial charge in [0.05, 0.1) is 32.9 Å². The second-order valence-electron chi connectivity index (χ2n) is 7.18. The monoisotopic (exact) mass is 540 g/mol. The molecule has 3 N–H and O–H groups in total. The minimum Gasteiger partial charge on any atom is -0.508 e. The van der Waals surface area contributed by atoms with E-state index in [0.29, 0.717) is 6.54 Å². The molecule has 1 fully saturated rings. The molecule has 7 nitrogen and oxygen atoms in total. The van der Waals surface area contributed by atoms with Gasteiger partial charge in [0.25, 0.3) is 0 Å². The first kappa shape index (κ1) is 25.2. The molecule has 0 aliphatic carbocycles. The molecule has 0 amide bonds. The van der Waals surface area contributed by atoms with Crippen LogP contribution < -0.4 is 15.4 Å². The van der Waals surface area contributed by atoms with Gasteiger partial charge in [0.15, 0.2) is 5.96 Å². The van der Waals surface area contributed by atoms with E-state index in [1.165, 1.54) is 5.56 Å². The van der Waals surface area contributed by atoms with Crippen molar-refractivity contribution in [2.45, 2.75) is 19.5 Å². The van der Waals surface area contributed by atoms with Gasteiger partial charge in [-0.15, -0.1) is 24.0 Å². The molecule has 31 heavy (non-hydrogen) atoms. The van der Waals surface area contributed by atoms with Crippen LogP contribution in [0.1, 0.15) is 24.1 Å². The molecule has 2 aromatic rings. The number of nitrogens with one attached hydrogen (secondary N) is 2. The fourth-order valence-electron chi connectivity index (χ4n) is 3.48. The Labute approximate surface area is 201 Å². The van der Waals surface area contributed by atoms with Crippen LogP contribution in [0.3, 0.4) is 0 Å². The number of phenols is 1. The molecule has 0 radical (unpaired) electrons. The average Bonchev–Trinajstić information content (AvgIpc) is 2.79. The number of aromatic hydroxyl groups is 1. The molecule has 1 heterocycles. The van der Waals surface area contributed by atoms with Gasteiger partial charge in [-0.1, -0.05) is 24.3 Å². The number of nitrogens with zero attached hydrogens (tertiary/aromatic N) is 2. The van der Waals surface area contributed by atoms with Crippen molar-refractivity contribution in [1.82, 2.24) is 15.5 Å². The fraction of sp³-hybridized carbons (Fsp3) is 0.435. The minimum atomic E-state index is 0. The summed E-state index contributed by atoms with van der Waals surface area (Å²) < 4.78 is 10.9. The van der Waals surface area contributed by atoms with Crippen LogP contribution in [0.25, 0.3) is 0 Å². The van der Waals surface area contributed by atoms with Crippen LogP contribution in [0.4, 0.5) is 0 Å². The summed E-state index contributed by atoms with van der Waals surface area (Å²) in [6, 6.07) is 15.6. The van der Waals surface area contributed by atoms with Crippen LogP contribution in [0, 0.1) is 0 Å². The van der Waals surface area contributed by atoms with Crippen molar-refractivity contribution in [2.24, 2.45) is 4.99 Å². The van der Waals surface area contributed by atoms with Crippen molar-refractivity contribution >= 4 is 29.9 Å². The number of guanidine groups is 1. The number of hydrogen-bond donors (Lipinski definition) is 3. The minimum absolute atomic E-state index is 0. The second kappa shape index (κ2) is 13.4. The first-order chi connectivity index (χ1) is 14.7.